The van der Waals surface area contributed by atoms with Crippen LogP contribution in [0.3, 0.4) is 0 Å². The maximum absolute atomic E-state index is 12.0. The molecule has 3 N–H and O–H groups in total. The van der Waals surface area contributed by atoms with E-state index in [9.17, 15) is 9.59 Å². The zero-order valence-electron chi connectivity index (χ0n) is 11.0. The van der Waals surface area contributed by atoms with Crippen LogP contribution in [-0.2, 0) is 4.79 Å². The average molecular weight is 250 g/mol. The molecule has 0 aliphatic rings. The number of carboxylic acid groups (broad SMARTS) is 1. The smallest absolute Gasteiger partial charge is 0.336 e. The van der Waals surface area contributed by atoms with E-state index in [4.69, 9.17) is 5.11 Å². The molecule has 0 spiro atoms. The number of likely N-dealkylation sites (N-methyl/N-ethyl adjacent to an activating group) is 1. The quantitative estimate of drug-likeness (QED) is 0.759. The fraction of sp³-hybridized carbons (Fsp3) is 0.385. The molecule has 1 aromatic rings. The summed E-state index contributed by atoms with van der Waals surface area (Å²) in [7, 11) is 1.69. The van der Waals surface area contributed by atoms with Crippen molar-refractivity contribution in [3.8, 4) is 0 Å². The molecule has 0 unspecified atom stereocenters. The number of rotatable bonds is 4. The molecule has 1 amide bonds. The molecule has 0 radical (unpaired) electrons. The maximum atomic E-state index is 12.0. The normalized spacial score (nSPS) is 11.1. The first kappa shape index (κ1) is 14.2. The minimum Gasteiger partial charge on any atom is -0.478 e. The average Bonchev–Trinajstić information content (AvgIpc) is 2.31. The number of carbonyl (C=O) groups excluding carboxylic acids is 1. The van der Waals surface area contributed by atoms with Gasteiger partial charge in [0.2, 0.25) is 5.91 Å². The number of hydrogen-bond acceptors (Lipinski definition) is 3. The monoisotopic (exact) mass is 250 g/mol. The molecule has 0 bridgehead atoms. The van der Waals surface area contributed by atoms with Crippen LogP contribution in [0.5, 0.6) is 0 Å². The first-order valence-electron chi connectivity index (χ1n) is 5.63. The minimum absolute atomic E-state index is 0.190. The zero-order chi connectivity index (χ0) is 13.9. The zero-order valence-corrected chi connectivity index (χ0v) is 11.0. The van der Waals surface area contributed by atoms with Crippen LogP contribution in [0.15, 0.2) is 18.2 Å². The molecule has 0 saturated heterocycles. The van der Waals surface area contributed by atoms with E-state index in [-0.39, 0.29) is 11.5 Å². The van der Waals surface area contributed by atoms with Crippen LogP contribution < -0.4 is 10.6 Å². The second-order valence-electron chi connectivity index (χ2n) is 4.61. The highest BCUT2D eigenvalue weighted by atomic mass is 16.4. The third-order valence-electron chi connectivity index (χ3n) is 3.01. The Morgan fingerprint density at radius 3 is 2.39 bits per heavy atom. The van der Waals surface area contributed by atoms with Gasteiger partial charge in [0.15, 0.2) is 0 Å². The van der Waals surface area contributed by atoms with Gasteiger partial charge in [0.1, 0.15) is 0 Å². The van der Waals surface area contributed by atoms with Crippen molar-refractivity contribution in [3.63, 3.8) is 0 Å². The Hall–Kier alpha value is -1.88. The number of carboxylic acids is 1. The van der Waals surface area contributed by atoms with Crippen LogP contribution in [0.4, 0.5) is 5.69 Å². The Morgan fingerprint density at radius 1 is 1.28 bits per heavy atom. The van der Waals surface area contributed by atoms with E-state index in [1.807, 2.05) is 0 Å². The molecular weight excluding hydrogens is 232 g/mol. The highest BCUT2D eigenvalue weighted by Gasteiger charge is 2.25. The van der Waals surface area contributed by atoms with Crippen molar-refractivity contribution in [3.05, 3.63) is 29.3 Å². The Labute approximate surface area is 106 Å². The molecule has 0 saturated carbocycles. The summed E-state index contributed by atoms with van der Waals surface area (Å²) in [6.45, 7) is 5.17. The standard InChI is InChI=1S/C13H18N2O3/c1-8-9(11(16)17)6-5-7-10(8)15-12(18)13(2,3)14-4/h5-7,14H,1-4H3,(H,15,18)(H,16,17). The van der Waals surface area contributed by atoms with Crippen LogP contribution in [-0.4, -0.2) is 29.6 Å². The predicted molar refractivity (Wildman–Crippen MR) is 69.9 cm³/mol. The number of hydrogen-bond donors (Lipinski definition) is 3. The fourth-order valence-electron chi connectivity index (χ4n) is 1.39. The number of nitrogens with one attached hydrogen (secondary N) is 2. The SMILES string of the molecule is CNC(C)(C)C(=O)Nc1cccc(C(=O)O)c1C. The van der Waals surface area contributed by atoms with Crippen LogP contribution in [0.25, 0.3) is 0 Å². The predicted octanol–water partition coefficient (Wildman–Crippen LogP) is 1.63. The van der Waals surface area contributed by atoms with E-state index >= 15 is 0 Å². The summed E-state index contributed by atoms with van der Waals surface area (Å²) in [4.78, 5) is 23.0. The van der Waals surface area contributed by atoms with E-state index < -0.39 is 11.5 Å². The number of benzene rings is 1. The summed E-state index contributed by atoms with van der Waals surface area (Å²) >= 11 is 0. The van der Waals surface area contributed by atoms with Gasteiger partial charge in [-0.2, -0.15) is 0 Å². The van der Waals surface area contributed by atoms with Gasteiger partial charge in [0, 0.05) is 5.69 Å². The van der Waals surface area contributed by atoms with Gasteiger partial charge in [0.05, 0.1) is 11.1 Å². The Balaban J connectivity index is 3.03. The third kappa shape index (κ3) is 2.87. The van der Waals surface area contributed by atoms with Crippen LogP contribution >= 0.6 is 0 Å². The second kappa shape index (κ2) is 5.18. The van der Waals surface area contributed by atoms with Crippen molar-refractivity contribution in [2.24, 2.45) is 0 Å². The lowest BCUT2D eigenvalue weighted by atomic mass is 10.0. The molecule has 98 valence electrons. The highest BCUT2D eigenvalue weighted by molar-refractivity contribution is 6.00. The first-order valence-corrected chi connectivity index (χ1v) is 5.63. The molecule has 0 fully saturated rings. The molecule has 0 aliphatic heterocycles. The van der Waals surface area contributed by atoms with Crippen molar-refractivity contribution in [1.82, 2.24) is 5.32 Å². The molecule has 5 nitrogen and oxygen atoms in total. The minimum atomic E-state index is -1.00. The van der Waals surface area contributed by atoms with E-state index in [1.165, 1.54) is 6.07 Å². The summed E-state index contributed by atoms with van der Waals surface area (Å²) in [5, 5.41) is 14.6. The fourth-order valence-corrected chi connectivity index (χ4v) is 1.39. The van der Waals surface area contributed by atoms with Crippen LogP contribution in [0.2, 0.25) is 0 Å². The molecule has 1 aromatic carbocycles. The van der Waals surface area contributed by atoms with Gasteiger partial charge >= 0.3 is 5.97 Å². The number of aromatic carboxylic acids is 1. The summed E-state index contributed by atoms with van der Waals surface area (Å²) < 4.78 is 0. The second-order valence-corrected chi connectivity index (χ2v) is 4.61. The summed E-state index contributed by atoms with van der Waals surface area (Å²) in [5.41, 5.74) is 0.537. The lowest BCUT2D eigenvalue weighted by molar-refractivity contribution is -0.121. The molecule has 0 atom stereocenters. The number of anilines is 1. The van der Waals surface area contributed by atoms with Crippen molar-refractivity contribution in [2.45, 2.75) is 26.3 Å². The third-order valence-corrected chi connectivity index (χ3v) is 3.01. The first-order chi connectivity index (χ1) is 8.29. The van der Waals surface area contributed by atoms with Gasteiger partial charge in [0.25, 0.3) is 0 Å². The van der Waals surface area contributed by atoms with Crippen molar-refractivity contribution in [2.75, 3.05) is 12.4 Å². The van der Waals surface area contributed by atoms with Gasteiger partial charge in [-0.3, -0.25) is 4.79 Å². The van der Waals surface area contributed by atoms with Crippen LogP contribution in [0.1, 0.15) is 29.8 Å². The molecule has 0 aromatic heterocycles. The maximum Gasteiger partial charge on any atom is 0.336 e. The van der Waals surface area contributed by atoms with Crippen molar-refractivity contribution >= 4 is 17.6 Å². The van der Waals surface area contributed by atoms with Crippen molar-refractivity contribution < 1.29 is 14.7 Å². The number of carbonyl (C=O) groups is 2. The van der Waals surface area contributed by atoms with E-state index in [2.05, 4.69) is 10.6 Å². The summed E-state index contributed by atoms with van der Waals surface area (Å²) in [6, 6.07) is 4.81. The van der Waals surface area contributed by atoms with Crippen LogP contribution in [0, 0.1) is 6.92 Å². The van der Waals surface area contributed by atoms with Gasteiger partial charge in [-0.15, -0.1) is 0 Å². The van der Waals surface area contributed by atoms with Crippen molar-refractivity contribution in [1.29, 1.82) is 0 Å². The largest absolute Gasteiger partial charge is 0.478 e. The molecule has 1 rings (SSSR count). The Bertz CT molecular complexity index is 481. The lowest BCUT2D eigenvalue weighted by Crippen LogP contribution is -2.48. The van der Waals surface area contributed by atoms with Gasteiger partial charge in [-0.05, 0) is 45.5 Å². The van der Waals surface area contributed by atoms with E-state index in [0.29, 0.717) is 11.3 Å². The van der Waals surface area contributed by atoms with E-state index in [0.717, 1.165) is 0 Å². The summed E-state index contributed by atoms with van der Waals surface area (Å²) in [6.07, 6.45) is 0. The molecular formula is C13H18N2O3. The highest BCUT2D eigenvalue weighted by Crippen LogP contribution is 2.20. The Kier molecular flexibility index (Phi) is 4.08. The van der Waals surface area contributed by atoms with Gasteiger partial charge in [-0.25, -0.2) is 4.79 Å². The number of amides is 1. The molecule has 0 heterocycles. The lowest BCUT2D eigenvalue weighted by Gasteiger charge is -2.23. The topological polar surface area (TPSA) is 78.4 Å². The molecule has 0 aliphatic carbocycles. The van der Waals surface area contributed by atoms with Gasteiger partial charge in [-0.1, -0.05) is 6.07 Å². The van der Waals surface area contributed by atoms with Gasteiger partial charge < -0.3 is 15.7 Å². The van der Waals surface area contributed by atoms with E-state index in [1.54, 1.807) is 40.0 Å². The summed E-state index contributed by atoms with van der Waals surface area (Å²) in [5.74, 6) is -1.22. The molecule has 18 heavy (non-hydrogen) atoms. The molecule has 5 heteroatoms. The Morgan fingerprint density at radius 2 is 1.89 bits per heavy atom.